The van der Waals surface area contributed by atoms with Gasteiger partial charge in [-0.1, -0.05) is 0 Å². The van der Waals surface area contributed by atoms with Crippen LogP contribution in [0, 0.1) is 0 Å². The fourth-order valence-corrected chi connectivity index (χ4v) is 4.83. The van der Waals surface area contributed by atoms with Gasteiger partial charge in [0.25, 0.3) is 0 Å². The number of hydrogen-bond donors (Lipinski definition) is 1. The number of aliphatic carboxylic acids is 1. The molecule has 1 N–H and O–H groups in total. The lowest BCUT2D eigenvalue weighted by Crippen LogP contribution is -2.58. The fourth-order valence-electron chi connectivity index (χ4n) is 3.43. The summed E-state index contributed by atoms with van der Waals surface area (Å²) < 4.78 is 57.3. The van der Waals surface area contributed by atoms with Gasteiger partial charge in [0.1, 0.15) is 0 Å². The van der Waals surface area contributed by atoms with Crippen LogP contribution in [0.2, 0.25) is 0 Å². The number of piperidine rings is 1. The summed E-state index contributed by atoms with van der Waals surface area (Å²) in [7, 11) is -3.05. The molecule has 2 aliphatic rings. The van der Waals surface area contributed by atoms with Gasteiger partial charge in [0.05, 0.1) is 6.26 Å². The van der Waals surface area contributed by atoms with Gasteiger partial charge < -0.3 is 5.11 Å². The van der Waals surface area contributed by atoms with E-state index >= 15 is 0 Å². The zero-order valence-corrected chi connectivity index (χ0v) is 15.0. The number of alkyl halides is 3. The van der Waals surface area contributed by atoms with Crippen molar-refractivity contribution in [3.8, 4) is 0 Å². The van der Waals surface area contributed by atoms with Crippen LogP contribution in [0.25, 0.3) is 0 Å². The van der Waals surface area contributed by atoms with Crippen molar-refractivity contribution in [3.63, 3.8) is 0 Å². The van der Waals surface area contributed by atoms with Crippen LogP contribution in [0.1, 0.15) is 39.5 Å². The van der Waals surface area contributed by atoms with Crippen molar-refractivity contribution in [1.29, 1.82) is 0 Å². The van der Waals surface area contributed by atoms with Crippen LogP contribution in [0.4, 0.5) is 13.2 Å². The van der Waals surface area contributed by atoms with Crippen molar-refractivity contribution in [3.05, 3.63) is 0 Å². The molecule has 2 aliphatic heterocycles. The highest BCUT2D eigenvalue weighted by atomic mass is 32.2. The first-order valence-corrected chi connectivity index (χ1v) is 9.66. The molecule has 0 amide bonds. The smallest absolute Gasteiger partial charge is 0.475 e. The van der Waals surface area contributed by atoms with E-state index in [1.165, 1.54) is 6.26 Å². The molecule has 24 heavy (non-hydrogen) atoms. The maximum atomic E-state index is 11.9. The fraction of sp³-hybridized carbons (Fsp3) is 0.929. The first-order valence-electron chi connectivity index (χ1n) is 7.81. The molecule has 0 radical (unpaired) electrons. The quantitative estimate of drug-likeness (QED) is 0.799. The number of likely N-dealkylation sites (tertiary alicyclic amines) is 1. The molecular formula is C14H25F3N2O4S. The third-order valence-corrected chi connectivity index (χ3v) is 5.86. The largest absolute Gasteiger partial charge is 0.490 e. The van der Waals surface area contributed by atoms with Gasteiger partial charge in [-0.05, 0) is 46.1 Å². The second-order valence-electron chi connectivity index (χ2n) is 6.63. The minimum absolute atomic E-state index is 0.101. The molecule has 0 aromatic heterocycles. The number of hydrogen-bond acceptors (Lipinski definition) is 4. The average Bonchev–Trinajstić information content (AvgIpc) is 2.81. The molecule has 0 aromatic carbocycles. The van der Waals surface area contributed by atoms with Crippen molar-refractivity contribution >= 4 is 16.0 Å². The van der Waals surface area contributed by atoms with E-state index in [2.05, 4.69) is 18.7 Å². The Labute approximate surface area is 140 Å². The highest BCUT2D eigenvalue weighted by molar-refractivity contribution is 7.88. The van der Waals surface area contributed by atoms with Gasteiger partial charge in [-0.3, -0.25) is 4.90 Å². The molecule has 2 saturated heterocycles. The molecule has 142 valence electrons. The second-order valence-corrected chi connectivity index (χ2v) is 8.54. The number of carbonyl (C=O) groups is 1. The Morgan fingerprint density at radius 3 is 2.00 bits per heavy atom. The van der Waals surface area contributed by atoms with E-state index in [0.717, 1.165) is 38.8 Å². The molecule has 1 spiro atoms. The second kappa shape index (κ2) is 7.57. The summed E-state index contributed by atoms with van der Waals surface area (Å²) in [5, 5.41) is 7.12. The maximum absolute atomic E-state index is 11.9. The van der Waals surface area contributed by atoms with E-state index < -0.39 is 22.2 Å². The molecule has 2 heterocycles. The van der Waals surface area contributed by atoms with Gasteiger partial charge in [0.2, 0.25) is 10.0 Å². The molecule has 0 bridgehead atoms. The lowest BCUT2D eigenvalue weighted by molar-refractivity contribution is -0.192. The highest BCUT2D eigenvalue weighted by Crippen LogP contribution is 2.39. The highest BCUT2D eigenvalue weighted by Gasteiger charge is 2.48. The third kappa shape index (κ3) is 5.32. The number of sulfonamides is 1. The van der Waals surface area contributed by atoms with Crippen LogP contribution in [0.3, 0.4) is 0 Å². The summed E-state index contributed by atoms with van der Waals surface area (Å²) in [5.74, 6) is -2.76. The van der Waals surface area contributed by atoms with E-state index in [1.54, 1.807) is 4.31 Å². The van der Waals surface area contributed by atoms with Gasteiger partial charge in [-0.25, -0.2) is 13.2 Å². The monoisotopic (exact) mass is 374 g/mol. The van der Waals surface area contributed by atoms with Crippen LogP contribution in [-0.2, 0) is 14.8 Å². The normalized spacial score (nSPS) is 26.5. The zero-order valence-electron chi connectivity index (χ0n) is 14.1. The molecule has 2 fully saturated rings. The SMILES string of the molecule is CC(C)N1CCCC2(CCCN2S(C)(=O)=O)C1.O=C(O)C(F)(F)F. The van der Waals surface area contributed by atoms with Crippen molar-refractivity contribution in [1.82, 2.24) is 9.21 Å². The van der Waals surface area contributed by atoms with Gasteiger partial charge in [-0.2, -0.15) is 17.5 Å². The Morgan fingerprint density at radius 2 is 1.62 bits per heavy atom. The van der Waals surface area contributed by atoms with E-state index in [0.29, 0.717) is 12.6 Å². The molecule has 2 rings (SSSR count). The first-order chi connectivity index (χ1) is 10.8. The van der Waals surface area contributed by atoms with Crippen molar-refractivity contribution in [2.75, 3.05) is 25.9 Å². The number of nitrogens with zero attached hydrogens (tertiary/aromatic N) is 2. The molecule has 10 heteroatoms. The van der Waals surface area contributed by atoms with Crippen molar-refractivity contribution < 1.29 is 31.5 Å². The predicted molar refractivity (Wildman–Crippen MR) is 83.1 cm³/mol. The van der Waals surface area contributed by atoms with E-state index in [4.69, 9.17) is 9.90 Å². The summed E-state index contributed by atoms with van der Waals surface area (Å²) in [5.41, 5.74) is -0.101. The number of carboxylic acids is 1. The lowest BCUT2D eigenvalue weighted by Gasteiger charge is -2.46. The van der Waals surface area contributed by atoms with Crippen LogP contribution < -0.4 is 0 Å². The van der Waals surface area contributed by atoms with Crippen molar-refractivity contribution in [2.45, 2.75) is 57.3 Å². The zero-order chi connectivity index (χ0) is 18.8. The van der Waals surface area contributed by atoms with Crippen molar-refractivity contribution in [2.24, 2.45) is 0 Å². The Hall–Kier alpha value is -0.870. The summed E-state index contributed by atoms with van der Waals surface area (Å²) in [4.78, 5) is 11.3. The van der Waals surface area contributed by atoms with Gasteiger partial charge >= 0.3 is 12.1 Å². The lowest BCUT2D eigenvalue weighted by atomic mass is 9.87. The molecule has 1 unspecified atom stereocenters. The summed E-state index contributed by atoms with van der Waals surface area (Å²) >= 11 is 0. The van der Waals surface area contributed by atoms with Crippen LogP contribution >= 0.6 is 0 Å². The predicted octanol–water partition coefficient (Wildman–Crippen LogP) is 1.92. The van der Waals surface area contributed by atoms with Gasteiger partial charge in [0.15, 0.2) is 0 Å². The molecular weight excluding hydrogens is 349 g/mol. The topological polar surface area (TPSA) is 77.9 Å². The van der Waals surface area contributed by atoms with E-state index in [-0.39, 0.29) is 5.54 Å². The number of carboxylic acid groups (broad SMARTS) is 1. The van der Waals surface area contributed by atoms with E-state index in [9.17, 15) is 21.6 Å². The minimum Gasteiger partial charge on any atom is -0.475 e. The molecule has 1 atom stereocenters. The van der Waals surface area contributed by atoms with Crippen LogP contribution in [-0.4, -0.2) is 72.3 Å². The summed E-state index contributed by atoms with van der Waals surface area (Å²) in [6, 6.07) is 0.509. The maximum Gasteiger partial charge on any atom is 0.490 e. The molecule has 0 aromatic rings. The Balaban J connectivity index is 0.000000351. The molecule has 6 nitrogen and oxygen atoms in total. The Bertz CT molecular complexity index is 551. The van der Waals surface area contributed by atoms with Gasteiger partial charge in [-0.15, -0.1) is 0 Å². The summed E-state index contributed by atoms with van der Waals surface area (Å²) in [6.45, 7) is 7.12. The first kappa shape index (κ1) is 21.2. The van der Waals surface area contributed by atoms with Crippen LogP contribution in [0.15, 0.2) is 0 Å². The van der Waals surface area contributed by atoms with E-state index in [1.807, 2.05) is 0 Å². The Kier molecular flexibility index (Phi) is 6.68. The standard InChI is InChI=1S/C12H24N2O2S.C2HF3O2/c1-11(2)13-8-4-6-12(10-13)7-5-9-14(12)17(3,15)16;3-2(4,5)1(6)7/h11H,4-10H2,1-3H3;(H,6,7). The molecule has 0 aliphatic carbocycles. The number of rotatable bonds is 2. The van der Waals surface area contributed by atoms with Crippen LogP contribution in [0.5, 0.6) is 0 Å². The molecule has 0 saturated carbocycles. The average molecular weight is 374 g/mol. The Morgan fingerprint density at radius 1 is 1.17 bits per heavy atom. The minimum atomic E-state index is -5.08. The third-order valence-electron chi connectivity index (χ3n) is 4.49. The number of halogens is 3. The summed E-state index contributed by atoms with van der Waals surface area (Å²) in [6.07, 6.45) is 0.462. The van der Waals surface area contributed by atoms with Gasteiger partial charge in [0, 0.05) is 24.7 Å².